The number of carbonyl (C=O) groups is 1. The summed E-state index contributed by atoms with van der Waals surface area (Å²) >= 11 is 1.50. The van der Waals surface area contributed by atoms with Crippen LogP contribution in [-0.4, -0.2) is 41.5 Å². The number of nitrogens with one attached hydrogen (secondary N) is 1. The molecule has 0 aliphatic carbocycles. The summed E-state index contributed by atoms with van der Waals surface area (Å²) in [6.45, 7) is 6.77. The Labute approximate surface area is 207 Å². The first kappa shape index (κ1) is 23.2. The fourth-order valence-corrected chi connectivity index (χ4v) is 5.31. The van der Waals surface area contributed by atoms with Crippen molar-refractivity contribution in [1.29, 1.82) is 0 Å². The molecule has 2 aromatic carbocycles. The van der Waals surface area contributed by atoms with Gasteiger partial charge in [0.1, 0.15) is 11.6 Å². The number of amides is 1. The molecule has 5 rings (SSSR count). The van der Waals surface area contributed by atoms with Gasteiger partial charge in [0.15, 0.2) is 11.5 Å². The lowest BCUT2D eigenvalue weighted by atomic mass is 9.85. The molecule has 1 aliphatic heterocycles. The Morgan fingerprint density at radius 2 is 1.97 bits per heavy atom. The summed E-state index contributed by atoms with van der Waals surface area (Å²) in [7, 11) is 3.27. The highest BCUT2D eigenvalue weighted by molar-refractivity contribution is 7.20. The highest BCUT2D eigenvalue weighted by Crippen LogP contribution is 2.43. The van der Waals surface area contributed by atoms with Crippen molar-refractivity contribution < 1.29 is 19.0 Å². The van der Waals surface area contributed by atoms with Crippen molar-refractivity contribution in [1.82, 2.24) is 14.8 Å². The quantitative estimate of drug-likeness (QED) is 0.376. The van der Waals surface area contributed by atoms with Gasteiger partial charge in [-0.25, -0.2) is 4.98 Å². The van der Waals surface area contributed by atoms with Gasteiger partial charge in [-0.05, 0) is 48.7 Å². The Morgan fingerprint density at radius 1 is 1.14 bits per heavy atom. The molecule has 1 N–H and O–H groups in total. The fourth-order valence-electron chi connectivity index (χ4n) is 4.36. The van der Waals surface area contributed by atoms with Crippen molar-refractivity contribution in [3.63, 3.8) is 0 Å². The topological polar surface area (TPSA) is 87.5 Å². The largest absolute Gasteiger partial charge is 0.497 e. The zero-order valence-electron chi connectivity index (χ0n) is 20.4. The van der Waals surface area contributed by atoms with Gasteiger partial charge < -0.3 is 19.5 Å². The van der Waals surface area contributed by atoms with Crippen LogP contribution in [0.1, 0.15) is 43.0 Å². The van der Waals surface area contributed by atoms with Crippen LogP contribution in [0.5, 0.6) is 17.2 Å². The molecule has 9 heteroatoms. The Morgan fingerprint density at radius 3 is 2.71 bits per heavy atom. The molecule has 1 aliphatic rings. The van der Waals surface area contributed by atoms with Crippen molar-refractivity contribution in [3.05, 3.63) is 53.2 Å². The predicted molar refractivity (Wildman–Crippen MR) is 136 cm³/mol. The van der Waals surface area contributed by atoms with Gasteiger partial charge in [0.2, 0.25) is 11.0 Å². The zero-order valence-corrected chi connectivity index (χ0v) is 21.2. The van der Waals surface area contributed by atoms with E-state index >= 15 is 0 Å². The van der Waals surface area contributed by atoms with E-state index in [4.69, 9.17) is 24.3 Å². The summed E-state index contributed by atoms with van der Waals surface area (Å²) in [6.07, 6.45) is 0.325. The van der Waals surface area contributed by atoms with Gasteiger partial charge in [-0.2, -0.15) is 9.78 Å². The zero-order chi connectivity index (χ0) is 24.7. The number of anilines is 1. The maximum absolute atomic E-state index is 12.8. The van der Waals surface area contributed by atoms with E-state index < -0.39 is 0 Å². The monoisotopic (exact) mass is 492 g/mol. The Hall–Kier alpha value is -3.59. The van der Waals surface area contributed by atoms with Crippen LogP contribution in [0, 0.1) is 12.8 Å². The molecule has 1 atom stereocenters. The summed E-state index contributed by atoms with van der Waals surface area (Å²) in [6, 6.07) is 11.7. The molecule has 3 heterocycles. The number of rotatable bonds is 7. The van der Waals surface area contributed by atoms with Gasteiger partial charge in [0, 0.05) is 17.9 Å². The molecule has 0 fully saturated rings. The number of methoxy groups -OCH3 is 2. The molecule has 0 bridgehead atoms. The van der Waals surface area contributed by atoms with Crippen LogP contribution < -0.4 is 19.5 Å². The van der Waals surface area contributed by atoms with Crippen LogP contribution in [0.15, 0.2) is 36.4 Å². The number of hydrogen-bond donors (Lipinski definition) is 1. The third-order valence-corrected chi connectivity index (χ3v) is 7.02. The van der Waals surface area contributed by atoms with Crippen LogP contribution in [0.2, 0.25) is 0 Å². The molecular formula is C26H28N4O4S. The summed E-state index contributed by atoms with van der Waals surface area (Å²) < 4.78 is 19.6. The predicted octanol–water partition coefficient (Wildman–Crippen LogP) is 5.32. The lowest BCUT2D eigenvalue weighted by molar-refractivity contribution is -0.116. The number of aromatic nitrogens is 3. The highest BCUT2D eigenvalue weighted by atomic mass is 32.1. The maximum atomic E-state index is 12.8. The second-order valence-corrected chi connectivity index (χ2v) is 10.0. The fraction of sp³-hybridized carbons (Fsp3) is 0.346. The first-order chi connectivity index (χ1) is 16.9. The average molecular weight is 493 g/mol. The Kier molecular flexibility index (Phi) is 6.10. The third-order valence-electron chi connectivity index (χ3n) is 6.03. The van der Waals surface area contributed by atoms with Crippen molar-refractivity contribution in [3.8, 4) is 22.4 Å². The molecule has 35 heavy (non-hydrogen) atoms. The van der Waals surface area contributed by atoms with E-state index in [0.29, 0.717) is 41.4 Å². The van der Waals surface area contributed by atoms with Gasteiger partial charge in [-0.1, -0.05) is 31.3 Å². The first-order valence-electron chi connectivity index (χ1n) is 11.5. The van der Waals surface area contributed by atoms with E-state index in [1.54, 1.807) is 18.9 Å². The lowest BCUT2D eigenvalue weighted by Crippen LogP contribution is -2.25. The average Bonchev–Trinajstić information content (AvgIpc) is 3.42. The van der Waals surface area contributed by atoms with E-state index in [2.05, 4.69) is 19.2 Å². The van der Waals surface area contributed by atoms with Crippen LogP contribution in [-0.2, 0) is 4.79 Å². The van der Waals surface area contributed by atoms with E-state index in [9.17, 15) is 4.79 Å². The molecule has 182 valence electrons. The molecule has 1 amide bonds. The molecule has 2 aromatic heterocycles. The number of nitrogens with zero attached hydrogens (tertiary/aromatic N) is 3. The second-order valence-electron chi connectivity index (χ2n) is 9.01. The van der Waals surface area contributed by atoms with Gasteiger partial charge in [-0.15, -0.1) is 0 Å². The van der Waals surface area contributed by atoms with Crippen LogP contribution in [0.25, 0.3) is 15.3 Å². The standard InChI is InChI=1S/C26H28N4O4S/c1-14(2)13-34-20-9-6-16(10-21(20)33-5)18-12-23(31)28-25-24(18)15(3)29-30(25)26-27-19-8-7-17(32-4)11-22(19)35-26/h6-11,14,18H,12-13H2,1-5H3,(H,28,31)/t18-/m0/s1. The van der Waals surface area contributed by atoms with Crippen molar-refractivity contribution in [2.24, 2.45) is 5.92 Å². The van der Waals surface area contributed by atoms with Crippen LogP contribution in [0.4, 0.5) is 5.82 Å². The van der Waals surface area contributed by atoms with E-state index in [1.165, 1.54) is 11.3 Å². The van der Waals surface area contributed by atoms with Gasteiger partial charge in [0.05, 0.1) is 36.7 Å². The molecule has 0 unspecified atom stereocenters. The van der Waals surface area contributed by atoms with Gasteiger partial charge >= 0.3 is 0 Å². The molecule has 0 spiro atoms. The van der Waals surface area contributed by atoms with Crippen molar-refractivity contribution in [2.75, 3.05) is 26.1 Å². The molecule has 8 nitrogen and oxygen atoms in total. The first-order valence-corrected chi connectivity index (χ1v) is 12.3. The molecule has 0 radical (unpaired) electrons. The van der Waals surface area contributed by atoms with E-state index in [0.717, 1.165) is 32.8 Å². The molecular weight excluding hydrogens is 464 g/mol. The number of thiazole rings is 1. The highest BCUT2D eigenvalue weighted by Gasteiger charge is 2.33. The van der Waals surface area contributed by atoms with Crippen molar-refractivity contribution >= 4 is 33.3 Å². The number of aryl methyl sites for hydroxylation is 1. The minimum Gasteiger partial charge on any atom is -0.497 e. The number of ether oxygens (including phenoxy) is 3. The van der Waals surface area contributed by atoms with Gasteiger partial charge in [0.25, 0.3) is 0 Å². The van der Waals surface area contributed by atoms with Crippen molar-refractivity contribution in [2.45, 2.75) is 33.1 Å². The Balaban J connectivity index is 1.56. The van der Waals surface area contributed by atoms with Crippen LogP contribution in [0.3, 0.4) is 0 Å². The normalized spacial score (nSPS) is 15.3. The smallest absolute Gasteiger partial charge is 0.226 e. The summed E-state index contributed by atoms with van der Waals surface area (Å²) in [5.74, 6) is 2.97. The van der Waals surface area contributed by atoms with Crippen LogP contribution >= 0.6 is 11.3 Å². The summed E-state index contributed by atoms with van der Waals surface area (Å²) in [4.78, 5) is 17.6. The minimum atomic E-state index is -0.157. The summed E-state index contributed by atoms with van der Waals surface area (Å²) in [5.41, 5.74) is 3.67. The molecule has 0 saturated carbocycles. The Bertz CT molecular complexity index is 1410. The molecule has 0 saturated heterocycles. The number of fused-ring (bicyclic) bond motifs is 2. The second kappa shape index (κ2) is 9.22. The van der Waals surface area contributed by atoms with E-state index in [1.807, 2.05) is 43.3 Å². The SMILES string of the molecule is COc1ccc2nc(-n3nc(C)c4c3NC(=O)C[C@H]4c3ccc(OCC(C)C)c(OC)c3)sc2c1. The maximum Gasteiger partial charge on any atom is 0.226 e. The number of hydrogen-bond acceptors (Lipinski definition) is 7. The number of carbonyl (C=O) groups excluding carboxylic acids is 1. The number of benzene rings is 2. The summed E-state index contributed by atoms with van der Waals surface area (Å²) in [5, 5.41) is 8.51. The van der Waals surface area contributed by atoms with E-state index in [-0.39, 0.29) is 11.8 Å². The lowest BCUT2D eigenvalue weighted by Gasteiger charge is -2.25. The molecule has 4 aromatic rings. The van der Waals surface area contributed by atoms with Gasteiger partial charge in [-0.3, -0.25) is 4.79 Å². The minimum absolute atomic E-state index is 0.0643. The third kappa shape index (κ3) is 4.32.